The molecule has 0 aliphatic rings. The third kappa shape index (κ3) is 7.23. The predicted molar refractivity (Wildman–Crippen MR) is 108 cm³/mol. The van der Waals surface area contributed by atoms with Crippen LogP contribution in [0.4, 0.5) is 0 Å². The quantitative estimate of drug-likeness (QED) is 0.350. The molecule has 0 atom stereocenters. The van der Waals surface area contributed by atoms with E-state index in [1.54, 1.807) is 18.3 Å². The normalized spacial score (nSPS) is 11.1. The summed E-state index contributed by atoms with van der Waals surface area (Å²) >= 11 is 3.36. The zero-order valence-electron chi connectivity index (χ0n) is 14.8. The van der Waals surface area contributed by atoms with E-state index in [9.17, 15) is 4.79 Å². The van der Waals surface area contributed by atoms with Crippen LogP contribution in [0.2, 0.25) is 0 Å². The molecule has 2 rings (SSSR count). The Bertz CT molecular complexity index is 704. The zero-order valence-corrected chi connectivity index (χ0v) is 16.4. The highest BCUT2D eigenvalue weighted by molar-refractivity contribution is 9.10. The molecule has 0 fully saturated rings. The van der Waals surface area contributed by atoms with Gasteiger partial charge >= 0.3 is 0 Å². The predicted octanol–water partition coefficient (Wildman–Crippen LogP) is 2.72. The van der Waals surface area contributed by atoms with Crippen molar-refractivity contribution in [3.63, 3.8) is 0 Å². The van der Waals surface area contributed by atoms with Gasteiger partial charge in [-0.1, -0.05) is 22.0 Å². The fraction of sp³-hybridized carbons (Fsp3) is 0.316. The highest BCUT2D eigenvalue weighted by atomic mass is 79.9. The van der Waals surface area contributed by atoms with Gasteiger partial charge in [-0.2, -0.15) is 0 Å². The van der Waals surface area contributed by atoms with Gasteiger partial charge in [0, 0.05) is 35.9 Å². The summed E-state index contributed by atoms with van der Waals surface area (Å²) in [6, 6.07) is 13.1. The van der Waals surface area contributed by atoms with Crippen LogP contribution in [0.3, 0.4) is 0 Å². The number of nitrogens with zero attached hydrogens (tertiary/aromatic N) is 2. The summed E-state index contributed by atoms with van der Waals surface area (Å²) < 4.78 is 0.958. The van der Waals surface area contributed by atoms with E-state index in [-0.39, 0.29) is 5.91 Å². The zero-order chi connectivity index (χ0) is 18.6. The number of benzene rings is 1. The first kappa shape index (κ1) is 19.9. The lowest BCUT2D eigenvalue weighted by Gasteiger charge is -2.11. The molecule has 0 saturated carbocycles. The van der Waals surface area contributed by atoms with E-state index in [0.717, 1.165) is 29.1 Å². The maximum atomic E-state index is 12.0. The first-order valence-corrected chi connectivity index (χ1v) is 9.44. The Morgan fingerprint density at radius 1 is 1.08 bits per heavy atom. The molecule has 26 heavy (non-hydrogen) atoms. The topological polar surface area (TPSA) is 78.4 Å². The van der Waals surface area contributed by atoms with Gasteiger partial charge in [0.2, 0.25) is 0 Å². The minimum absolute atomic E-state index is 0.0618. The van der Waals surface area contributed by atoms with E-state index in [0.29, 0.717) is 25.2 Å². The molecule has 0 radical (unpaired) electrons. The minimum Gasteiger partial charge on any atom is -0.357 e. The largest absolute Gasteiger partial charge is 0.357 e. The second kappa shape index (κ2) is 11.3. The van der Waals surface area contributed by atoms with E-state index < -0.39 is 0 Å². The third-order valence-corrected chi connectivity index (χ3v) is 4.04. The van der Waals surface area contributed by atoms with Crippen LogP contribution in [0.1, 0.15) is 29.4 Å². The number of nitrogens with one attached hydrogen (secondary N) is 3. The molecular weight excluding hydrogens is 394 g/mol. The molecular formula is C19H24BrN5O. The van der Waals surface area contributed by atoms with E-state index in [1.807, 2.05) is 37.3 Å². The summed E-state index contributed by atoms with van der Waals surface area (Å²) in [4.78, 5) is 20.8. The number of rotatable bonds is 8. The Morgan fingerprint density at radius 3 is 2.54 bits per heavy atom. The average Bonchev–Trinajstić information content (AvgIpc) is 2.67. The third-order valence-electron chi connectivity index (χ3n) is 3.51. The second-order valence-electron chi connectivity index (χ2n) is 5.56. The standard InChI is InChI=1S/C19H24BrN5O/c1-2-21-19(25-14-17-6-3-4-11-22-17)24-13-5-12-23-18(26)15-7-9-16(20)10-8-15/h3-4,6-11H,2,5,12-14H2,1H3,(H,23,26)(H2,21,24,25). The molecule has 2 aromatic rings. The molecule has 6 nitrogen and oxygen atoms in total. The fourth-order valence-electron chi connectivity index (χ4n) is 2.19. The molecule has 0 unspecified atom stereocenters. The number of carbonyl (C=O) groups excluding carboxylic acids is 1. The average molecular weight is 418 g/mol. The molecule has 0 bridgehead atoms. The van der Waals surface area contributed by atoms with Gasteiger partial charge in [0.05, 0.1) is 12.2 Å². The van der Waals surface area contributed by atoms with Crippen LogP contribution in [0, 0.1) is 0 Å². The maximum absolute atomic E-state index is 12.0. The number of aliphatic imine (C=N–C) groups is 1. The smallest absolute Gasteiger partial charge is 0.251 e. The van der Waals surface area contributed by atoms with Crippen molar-refractivity contribution >= 4 is 27.8 Å². The van der Waals surface area contributed by atoms with Crippen molar-refractivity contribution in [3.05, 3.63) is 64.4 Å². The van der Waals surface area contributed by atoms with Gasteiger partial charge in [0.25, 0.3) is 5.91 Å². The van der Waals surface area contributed by atoms with Gasteiger partial charge in [-0.15, -0.1) is 0 Å². The lowest BCUT2D eigenvalue weighted by molar-refractivity contribution is 0.0953. The van der Waals surface area contributed by atoms with Crippen molar-refractivity contribution in [2.45, 2.75) is 19.9 Å². The van der Waals surface area contributed by atoms with Crippen molar-refractivity contribution in [2.24, 2.45) is 4.99 Å². The van der Waals surface area contributed by atoms with Crippen molar-refractivity contribution < 1.29 is 4.79 Å². The van der Waals surface area contributed by atoms with E-state index in [1.165, 1.54) is 0 Å². The van der Waals surface area contributed by atoms with Crippen molar-refractivity contribution in [1.82, 2.24) is 20.9 Å². The number of hydrogen-bond acceptors (Lipinski definition) is 3. The van der Waals surface area contributed by atoms with Gasteiger partial charge in [-0.25, -0.2) is 4.99 Å². The van der Waals surface area contributed by atoms with Crippen molar-refractivity contribution in [2.75, 3.05) is 19.6 Å². The molecule has 0 saturated heterocycles. The van der Waals surface area contributed by atoms with E-state index >= 15 is 0 Å². The highest BCUT2D eigenvalue weighted by Gasteiger charge is 2.04. The lowest BCUT2D eigenvalue weighted by atomic mass is 10.2. The number of hydrogen-bond donors (Lipinski definition) is 3. The van der Waals surface area contributed by atoms with Crippen LogP contribution in [0.15, 0.2) is 58.1 Å². The monoisotopic (exact) mass is 417 g/mol. The number of aromatic nitrogens is 1. The van der Waals surface area contributed by atoms with Crippen molar-refractivity contribution in [3.8, 4) is 0 Å². The maximum Gasteiger partial charge on any atom is 0.251 e. The van der Waals surface area contributed by atoms with E-state index in [2.05, 4.69) is 41.9 Å². The summed E-state index contributed by atoms with van der Waals surface area (Å²) in [5, 5.41) is 9.39. The van der Waals surface area contributed by atoms with Gasteiger partial charge < -0.3 is 16.0 Å². The first-order valence-electron chi connectivity index (χ1n) is 8.65. The first-order chi connectivity index (χ1) is 12.7. The molecule has 1 amide bonds. The molecule has 7 heteroatoms. The summed E-state index contributed by atoms with van der Waals surface area (Å²) in [5.74, 6) is 0.686. The Labute approximate surface area is 162 Å². The lowest BCUT2D eigenvalue weighted by Crippen LogP contribution is -2.38. The Hall–Kier alpha value is -2.41. The van der Waals surface area contributed by atoms with Gasteiger partial charge in [0.15, 0.2) is 5.96 Å². The summed E-state index contributed by atoms with van der Waals surface area (Å²) in [5.41, 5.74) is 1.58. The summed E-state index contributed by atoms with van der Waals surface area (Å²) in [7, 11) is 0. The Balaban J connectivity index is 1.70. The molecule has 0 aliphatic heterocycles. The number of halogens is 1. The molecule has 1 aromatic carbocycles. The fourth-order valence-corrected chi connectivity index (χ4v) is 2.46. The van der Waals surface area contributed by atoms with E-state index in [4.69, 9.17) is 0 Å². The molecule has 1 aromatic heterocycles. The van der Waals surface area contributed by atoms with Crippen LogP contribution in [-0.2, 0) is 6.54 Å². The van der Waals surface area contributed by atoms with Crippen LogP contribution in [0.25, 0.3) is 0 Å². The van der Waals surface area contributed by atoms with Gasteiger partial charge in [-0.3, -0.25) is 9.78 Å². The Morgan fingerprint density at radius 2 is 1.85 bits per heavy atom. The molecule has 138 valence electrons. The van der Waals surface area contributed by atoms with Gasteiger partial charge in [-0.05, 0) is 49.7 Å². The minimum atomic E-state index is -0.0618. The van der Waals surface area contributed by atoms with Crippen molar-refractivity contribution in [1.29, 1.82) is 0 Å². The van der Waals surface area contributed by atoms with Crippen LogP contribution in [-0.4, -0.2) is 36.5 Å². The second-order valence-corrected chi connectivity index (χ2v) is 6.48. The SMILES string of the molecule is CCNC(=NCc1ccccn1)NCCCNC(=O)c1ccc(Br)cc1. The number of amides is 1. The Kier molecular flexibility index (Phi) is 8.62. The molecule has 1 heterocycles. The van der Waals surface area contributed by atoms with Crippen LogP contribution in [0.5, 0.6) is 0 Å². The number of pyridine rings is 1. The molecule has 3 N–H and O–H groups in total. The number of guanidine groups is 1. The summed E-state index contributed by atoms with van der Waals surface area (Å²) in [6.45, 7) is 4.65. The van der Waals surface area contributed by atoms with Crippen LogP contribution >= 0.6 is 15.9 Å². The van der Waals surface area contributed by atoms with Crippen LogP contribution < -0.4 is 16.0 Å². The van der Waals surface area contributed by atoms with Gasteiger partial charge in [0.1, 0.15) is 0 Å². The number of carbonyl (C=O) groups is 1. The molecule has 0 spiro atoms. The molecule has 0 aliphatic carbocycles. The highest BCUT2D eigenvalue weighted by Crippen LogP contribution is 2.10. The summed E-state index contributed by atoms with van der Waals surface area (Å²) in [6.07, 6.45) is 2.57.